The Bertz CT molecular complexity index is 965. The molecule has 0 radical (unpaired) electrons. The number of carbonyl (C=O) groups is 1. The zero-order valence-electron chi connectivity index (χ0n) is 14.5. The molecule has 0 unspecified atom stereocenters. The molecule has 0 bridgehead atoms. The third-order valence-electron chi connectivity index (χ3n) is 3.43. The van der Waals surface area contributed by atoms with E-state index < -0.39 is 38.3 Å². The molecule has 2 N–H and O–H groups in total. The molecule has 0 saturated carbocycles. The van der Waals surface area contributed by atoms with Crippen LogP contribution in [0.3, 0.4) is 0 Å². The Morgan fingerprint density at radius 3 is 2.37 bits per heavy atom. The third-order valence-corrected chi connectivity index (χ3v) is 4.81. The van der Waals surface area contributed by atoms with Crippen LogP contribution in [0, 0.1) is 17.5 Å². The third kappa shape index (κ3) is 4.51. The highest BCUT2D eigenvalue weighted by Crippen LogP contribution is 2.28. The van der Waals surface area contributed by atoms with Crippen molar-refractivity contribution < 1.29 is 31.1 Å². The number of hydrogen-bond donors (Lipinski definition) is 2. The fourth-order valence-electron chi connectivity index (χ4n) is 2.23. The molecule has 10 heteroatoms. The highest BCUT2D eigenvalue weighted by molar-refractivity contribution is 7.92. The summed E-state index contributed by atoms with van der Waals surface area (Å²) in [4.78, 5) is 10.8. The summed E-state index contributed by atoms with van der Waals surface area (Å²) in [6, 6.07) is 5.18. The first kappa shape index (κ1) is 20.6. The van der Waals surface area contributed by atoms with E-state index in [4.69, 9.17) is 4.74 Å². The van der Waals surface area contributed by atoms with Crippen LogP contribution < -0.4 is 10.0 Å². The SMILES string of the molecule is CCNc1ccc(C(=O)OCC)cc1NS(=O)(=O)c1ccc(F)c(F)c1F. The highest BCUT2D eigenvalue weighted by Gasteiger charge is 2.25. The number of sulfonamides is 1. The summed E-state index contributed by atoms with van der Waals surface area (Å²) < 4.78 is 72.2. The topological polar surface area (TPSA) is 84.5 Å². The average molecular weight is 402 g/mol. The van der Waals surface area contributed by atoms with Crippen molar-refractivity contribution in [3.63, 3.8) is 0 Å². The van der Waals surface area contributed by atoms with Crippen molar-refractivity contribution in [2.24, 2.45) is 0 Å². The van der Waals surface area contributed by atoms with E-state index in [1.54, 1.807) is 13.8 Å². The zero-order valence-corrected chi connectivity index (χ0v) is 15.3. The lowest BCUT2D eigenvalue weighted by Crippen LogP contribution is -2.17. The van der Waals surface area contributed by atoms with Crippen molar-refractivity contribution in [1.29, 1.82) is 0 Å². The summed E-state index contributed by atoms with van der Waals surface area (Å²) in [5, 5.41) is 2.88. The maximum Gasteiger partial charge on any atom is 0.338 e. The zero-order chi connectivity index (χ0) is 20.2. The van der Waals surface area contributed by atoms with Crippen molar-refractivity contribution in [2.75, 3.05) is 23.2 Å². The van der Waals surface area contributed by atoms with E-state index in [0.29, 0.717) is 24.4 Å². The molecule has 0 fully saturated rings. The number of anilines is 2. The normalized spacial score (nSPS) is 11.1. The molecule has 0 amide bonds. The monoisotopic (exact) mass is 402 g/mol. The Kier molecular flexibility index (Phi) is 6.32. The first-order chi connectivity index (χ1) is 12.7. The summed E-state index contributed by atoms with van der Waals surface area (Å²) in [6.45, 7) is 3.91. The second-order valence-corrected chi connectivity index (χ2v) is 6.94. The Hall–Kier alpha value is -2.75. The Morgan fingerprint density at radius 2 is 1.74 bits per heavy atom. The Labute approximate surface area is 154 Å². The lowest BCUT2D eigenvalue weighted by Gasteiger charge is -2.15. The van der Waals surface area contributed by atoms with Gasteiger partial charge < -0.3 is 10.1 Å². The van der Waals surface area contributed by atoms with Crippen LogP contribution in [0.5, 0.6) is 0 Å². The van der Waals surface area contributed by atoms with Gasteiger partial charge in [0.2, 0.25) is 0 Å². The predicted molar refractivity (Wildman–Crippen MR) is 93.7 cm³/mol. The quantitative estimate of drug-likeness (QED) is 0.547. The molecule has 0 aromatic heterocycles. The Balaban J connectivity index is 2.49. The number of benzene rings is 2. The maximum atomic E-state index is 13.9. The van der Waals surface area contributed by atoms with Crippen LogP contribution in [-0.4, -0.2) is 27.5 Å². The minimum Gasteiger partial charge on any atom is -0.462 e. The minimum atomic E-state index is -4.60. The standard InChI is InChI=1S/C17H17F3N2O4S/c1-3-21-12-7-5-10(17(23)26-4-2)9-13(12)22-27(24,25)14-8-6-11(18)15(19)16(14)20/h5-9,21-22H,3-4H2,1-2H3. The molecular weight excluding hydrogens is 385 g/mol. The largest absolute Gasteiger partial charge is 0.462 e. The summed E-state index contributed by atoms with van der Waals surface area (Å²) >= 11 is 0. The van der Waals surface area contributed by atoms with Gasteiger partial charge in [0.25, 0.3) is 10.0 Å². The van der Waals surface area contributed by atoms with Crippen LogP contribution in [0.25, 0.3) is 0 Å². The fourth-order valence-corrected chi connectivity index (χ4v) is 3.37. The molecule has 2 aromatic rings. The first-order valence-electron chi connectivity index (χ1n) is 7.92. The molecule has 2 rings (SSSR count). The van der Waals surface area contributed by atoms with Gasteiger partial charge in [0, 0.05) is 6.54 Å². The van der Waals surface area contributed by atoms with Crippen LogP contribution >= 0.6 is 0 Å². The molecule has 0 heterocycles. The summed E-state index contributed by atoms with van der Waals surface area (Å²) in [5.41, 5.74) is 0.283. The van der Waals surface area contributed by atoms with Crippen LogP contribution in [-0.2, 0) is 14.8 Å². The van der Waals surface area contributed by atoms with E-state index in [2.05, 4.69) is 10.0 Å². The van der Waals surface area contributed by atoms with Gasteiger partial charge in [-0.3, -0.25) is 4.72 Å². The van der Waals surface area contributed by atoms with E-state index in [9.17, 15) is 26.4 Å². The van der Waals surface area contributed by atoms with E-state index in [1.807, 2.05) is 0 Å². The van der Waals surface area contributed by atoms with Crippen LogP contribution in [0.1, 0.15) is 24.2 Å². The lowest BCUT2D eigenvalue weighted by molar-refractivity contribution is 0.0526. The smallest absolute Gasteiger partial charge is 0.338 e. The van der Waals surface area contributed by atoms with Gasteiger partial charge in [0.15, 0.2) is 17.5 Å². The molecule has 0 aliphatic rings. The lowest BCUT2D eigenvalue weighted by atomic mass is 10.1. The number of carbonyl (C=O) groups excluding carboxylic acids is 1. The second-order valence-electron chi connectivity index (χ2n) is 5.29. The van der Waals surface area contributed by atoms with Gasteiger partial charge >= 0.3 is 5.97 Å². The molecule has 2 aromatic carbocycles. The van der Waals surface area contributed by atoms with Crippen LogP contribution in [0.2, 0.25) is 0 Å². The second kappa shape index (κ2) is 8.30. The van der Waals surface area contributed by atoms with Crippen molar-refractivity contribution in [3.05, 3.63) is 53.3 Å². The number of hydrogen-bond acceptors (Lipinski definition) is 5. The molecule has 27 heavy (non-hydrogen) atoms. The van der Waals surface area contributed by atoms with E-state index >= 15 is 0 Å². The maximum absolute atomic E-state index is 13.9. The number of esters is 1. The highest BCUT2D eigenvalue weighted by atomic mass is 32.2. The van der Waals surface area contributed by atoms with Crippen molar-refractivity contribution in [3.8, 4) is 0 Å². The predicted octanol–water partition coefficient (Wildman–Crippen LogP) is 3.51. The first-order valence-corrected chi connectivity index (χ1v) is 9.41. The molecule has 146 valence electrons. The van der Waals surface area contributed by atoms with Crippen molar-refractivity contribution in [1.82, 2.24) is 0 Å². The van der Waals surface area contributed by atoms with Crippen LogP contribution in [0.15, 0.2) is 35.2 Å². The van der Waals surface area contributed by atoms with Gasteiger partial charge in [-0.1, -0.05) is 0 Å². The summed E-state index contributed by atoms with van der Waals surface area (Å²) in [7, 11) is -4.60. The molecular formula is C17H17F3N2O4S. The summed E-state index contributed by atoms with van der Waals surface area (Å²) in [6.07, 6.45) is 0. The molecule has 0 aliphatic carbocycles. The van der Waals surface area contributed by atoms with Gasteiger partial charge in [0.05, 0.1) is 23.5 Å². The van der Waals surface area contributed by atoms with Crippen LogP contribution in [0.4, 0.5) is 24.5 Å². The summed E-state index contributed by atoms with van der Waals surface area (Å²) in [5.74, 6) is -5.93. The number of ether oxygens (including phenoxy) is 1. The van der Waals surface area contributed by atoms with Crippen molar-refractivity contribution in [2.45, 2.75) is 18.7 Å². The Morgan fingerprint density at radius 1 is 1.04 bits per heavy atom. The molecule has 0 spiro atoms. The minimum absolute atomic E-state index is 0.0574. The van der Waals surface area contributed by atoms with Gasteiger partial charge in [-0.2, -0.15) is 0 Å². The number of halogens is 3. The van der Waals surface area contributed by atoms with Gasteiger partial charge in [-0.25, -0.2) is 26.4 Å². The average Bonchev–Trinajstić information content (AvgIpc) is 2.61. The number of nitrogens with one attached hydrogen (secondary N) is 2. The van der Waals surface area contributed by atoms with Gasteiger partial charge in [0.1, 0.15) is 4.90 Å². The number of rotatable bonds is 7. The van der Waals surface area contributed by atoms with Crippen molar-refractivity contribution >= 4 is 27.4 Å². The molecule has 0 atom stereocenters. The molecule has 6 nitrogen and oxygen atoms in total. The molecule has 0 saturated heterocycles. The molecule has 0 aliphatic heterocycles. The van der Waals surface area contributed by atoms with Gasteiger partial charge in [-0.15, -0.1) is 0 Å². The van der Waals surface area contributed by atoms with E-state index in [0.717, 1.165) is 0 Å². The van der Waals surface area contributed by atoms with Gasteiger partial charge in [-0.05, 0) is 44.2 Å². The van der Waals surface area contributed by atoms with E-state index in [1.165, 1.54) is 18.2 Å². The fraction of sp³-hybridized carbons (Fsp3) is 0.235. The van der Waals surface area contributed by atoms with E-state index in [-0.39, 0.29) is 17.9 Å².